The van der Waals surface area contributed by atoms with Crippen LogP contribution in [0.5, 0.6) is 0 Å². The van der Waals surface area contributed by atoms with Gasteiger partial charge in [0, 0.05) is 29.7 Å². The molecular weight excluding hydrogens is 240 g/mol. The summed E-state index contributed by atoms with van der Waals surface area (Å²) >= 11 is 3.44. The minimum Gasteiger partial charge on any atom is -0.317 e. The van der Waals surface area contributed by atoms with Gasteiger partial charge in [0.2, 0.25) is 0 Å². The number of hydrogen-bond donors (Lipinski definition) is 1. The monoisotopic (exact) mass is 260 g/mol. The third-order valence-electron chi connectivity index (χ3n) is 3.44. The van der Waals surface area contributed by atoms with Crippen LogP contribution in [0.25, 0.3) is 0 Å². The average Bonchev–Trinajstić information content (AvgIpc) is 2.13. The van der Waals surface area contributed by atoms with Gasteiger partial charge in [0.15, 0.2) is 0 Å². The summed E-state index contributed by atoms with van der Waals surface area (Å²) in [5.74, 6) is 0.709. The van der Waals surface area contributed by atoms with Crippen molar-refractivity contribution < 1.29 is 0 Å². The van der Waals surface area contributed by atoms with Crippen LogP contribution in [0, 0.1) is 5.92 Å². The summed E-state index contributed by atoms with van der Waals surface area (Å²) in [4.78, 5) is 2.50. The largest absolute Gasteiger partial charge is 0.317 e. The standard InChI is InChI=1S/C11H21BrN2/c1-8(12)7-14-6-5-11(13-4)9(2)10(14)3/h9-11,13H,1,5-7H2,2-4H3. The fourth-order valence-corrected chi connectivity index (χ4v) is 2.61. The number of hydrogen-bond acceptors (Lipinski definition) is 2. The highest BCUT2D eigenvalue weighted by molar-refractivity contribution is 9.11. The molecule has 0 saturated carbocycles. The van der Waals surface area contributed by atoms with Crippen molar-refractivity contribution in [3.05, 3.63) is 11.1 Å². The van der Waals surface area contributed by atoms with Crippen LogP contribution in [0.2, 0.25) is 0 Å². The minimum absolute atomic E-state index is 0.635. The number of nitrogens with zero attached hydrogens (tertiary/aromatic N) is 1. The molecule has 1 fully saturated rings. The van der Waals surface area contributed by atoms with E-state index in [1.54, 1.807) is 0 Å². The fraction of sp³-hybridized carbons (Fsp3) is 0.818. The van der Waals surface area contributed by atoms with Gasteiger partial charge in [-0.05, 0) is 26.3 Å². The molecule has 0 aliphatic carbocycles. The zero-order valence-corrected chi connectivity index (χ0v) is 11.0. The first-order chi connectivity index (χ1) is 6.56. The normalized spacial score (nSPS) is 34.4. The summed E-state index contributed by atoms with van der Waals surface area (Å²) in [6, 6.07) is 1.31. The van der Waals surface area contributed by atoms with Gasteiger partial charge in [0.05, 0.1) is 0 Å². The van der Waals surface area contributed by atoms with E-state index in [0.717, 1.165) is 11.0 Å². The summed E-state index contributed by atoms with van der Waals surface area (Å²) < 4.78 is 1.08. The quantitative estimate of drug-likeness (QED) is 0.838. The van der Waals surface area contributed by atoms with Crippen LogP contribution in [0.4, 0.5) is 0 Å². The predicted octanol–water partition coefficient (Wildman–Crippen LogP) is 2.21. The molecule has 1 saturated heterocycles. The summed E-state index contributed by atoms with van der Waals surface area (Å²) in [7, 11) is 2.06. The van der Waals surface area contributed by atoms with E-state index in [0.29, 0.717) is 18.0 Å². The van der Waals surface area contributed by atoms with Crippen molar-refractivity contribution in [1.29, 1.82) is 0 Å². The van der Waals surface area contributed by atoms with Crippen molar-refractivity contribution in [2.45, 2.75) is 32.4 Å². The first kappa shape index (κ1) is 12.2. The van der Waals surface area contributed by atoms with Gasteiger partial charge < -0.3 is 5.32 Å². The van der Waals surface area contributed by atoms with Crippen LogP contribution < -0.4 is 5.32 Å². The Morgan fingerprint density at radius 1 is 1.57 bits per heavy atom. The lowest BCUT2D eigenvalue weighted by Gasteiger charge is -2.42. The van der Waals surface area contributed by atoms with Crippen LogP contribution in [-0.4, -0.2) is 37.1 Å². The molecule has 1 aliphatic heterocycles. The van der Waals surface area contributed by atoms with Gasteiger partial charge >= 0.3 is 0 Å². The lowest BCUT2D eigenvalue weighted by molar-refractivity contribution is 0.0987. The van der Waals surface area contributed by atoms with Gasteiger partial charge in [-0.3, -0.25) is 4.90 Å². The van der Waals surface area contributed by atoms with Crippen LogP contribution in [0.3, 0.4) is 0 Å². The van der Waals surface area contributed by atoms with E-state index >= 15 is 0 Å². The van der Waals surface area contributed by atoms with Gasteiger partial charge in [0.1, 0.15) is 0 Å². The van der Waals surface area contributed by atoms with Gasteiger partial charge in [-0.2, -0.15) is 0 Å². The molecule has 0 aromatic carbocycles. The van der Waals surface area contributed by atoms with E-state index in [1.165, 1.54) is 13.0 Å². The van der Waals surface area contributed by atoms with Crippen molar-refractivity contribution in [3.63, 3.8) is 0 Å². The van der Waals surface area contributed by atoms with Gasteiger partial charge in [-0.1, -0.05) is 29.4 Å². The Morgan fingerprint density at radius 2 is 2.21 bits per heavy atom. The van der Waals surface area contributed by atoms with E-state index in [1.807, 2.05) is 0 Å². The van der Waals surface area contributed by atoms with E-state index in [4.69, 9.17) is 0 Å². The molecule has 0 amide bonds. The maximum Gasteiger partial charge on any atom is 0.0296 e. The average molecular weight is 261 g/mol. The highest BCUT2D eigenvalue weighted by Gasteiger charge is 2.31. The fourth-order valence-electron chi connectivity index (χ4n) is 2.29. The minimum atomic E-state index is 0.635. The Bertz CT molecular complexity index is 205. The van der Waals surface area contributed by atoms with Gasteiger partial charge in [-0.25, -0.2) is 0 Å². The van der Waals surface area contributed by atoms with Crippen molar-refractivity contribution >= 4 is 15.9 Å². The lowest BCUT2D eigenvalue weighted by atomic mass is 9.87. The topological polar surface area (TPSA) is 15.3 Å². The van der Waals surface area contributed by atoms with E-state index < -0.39 is 0 Å². The van der Waals surface area contributed by atoms with Crippen molar-refractivity contribution in [2.75, 3.05) is 20.1 Å². The number of nitrogens with one attached hydrogen (secondary N) is 1. The maximum atomic E-state index is 3.91. The molecule has 0 bridgehead atoms. The first-order valence-electron chi connectivity index (χ1n) is 5.31. The van der Waals surface area contributed by atoms with Crippen LogP contribution >= 0.6 is 15.9 Å². The zero-order chi connectivity index (χ0) is 10.7. The Kier molecular flexibility index (Phi) is 4.61. The molecule has 2 nitrogen and oxygen atoms in total. The van der Waals surface area contributed by atoms with Crippen molar-refractivity contribution in [1.82, 2.24) is 10.2 Å². The van der Waals surface area contributed by atoms with Crippen LogP contribution in [0.1, 0.15) is 20.3 Å². The van der Waals surface area contributed by atoms with Crippen molar-refractivity contribution in [3.8, 4) is 0 Å². The summed E-state index contributed by atoms with van der Waals surface area (Å²) in [5.41, 5.74) is 0. The molecule has 0 aromatic rings. The van der Waals surface area contributed by atoms with Gasteiger partial charge in [-0.15, -0.1) is 0 Å². The summed E-state index contributed by atoms with van der Waals surface area (Å²) in [5, 5.41) is 3.40. The van der Waals surface area contributed by atoms with Crippen molar-refractivity contribution in [2.24, 2.45) is 5.92 Å². The molecule has 0 aromatic heterocycles. The summed E-state index contributed by atoms with van der Waals surface area (Å²) in [6.45, 7) is 10.7. The van der Waals surface area contributed by atoms with E-state index in [9.17, 15) is 0 Å². The maximum absolute atomic E-state index is 3.91. The number of halogens is 1. The molecule has 1 rings (SSSR count). The van der Waals surface area contributed by atoms with Crippen LogP contribution in [-0.2, 0) is 0 Å². The zero-order valence-electron chi connectivity index (χ0n) is 9.39. The molecule has 1 N–H and O–H groups in total. The molecule has 1 heterocycles. The molecule has 1 aliphatic rings. The number of rotatable bonds is 3. The van der Waals surface area contributed by atoms with E-state index in [2.05, 4.69) is 53.6 Å². The molecular formula is C11H21BrN2. The molecule has 0 spiro atoms. The SMILES string of the molecule is C=C(Br)CN1CCC(NC)C(C)C1C. The second-order valence-electron chi connectivity index (χ2n) is 4.27. The second-order valence-corrected chi connectivity index (χ2v) is 5.39. The smallest absolute Gasteiger partial charge is 0.0296 e. The molecule has 82 valence electrons. The molecule has 3 atom stereocenters. The highest BCUT2D eigenvalue weighted by atomic mass is 79.9. The Balaban J connectivity index is 2.54. The highest BCUT2D eigenvalue weighted by Crippen LogP contribution is 2.24. The Labute approximate surface area is 95.9 Å². The van der Waals surface area contributed by atoms with E-state index in [-0.39, 0.29) is 0 Å². The third kappa shape index (κ3) is 2.81. The molecule has 14 heavy (non-hydrogen) atoms. The number of likely N-dealkylation sites (tertiary alicyclic amines) is 1. The molecule has 3 unspecified atom stereocenters. The Hall–Kier alpha value is 0.140. The number of piperidine rings is 1. The summed E-state index contributed by atoms with van der Waals surface area (Å²) in [6.07, 6.45) is 1.24. The van der Waals surface area contributed by atoms with Crippen LogP contribution in [0.15, 0.2) is 11.1 Å². The second kappa shape index (κ2) is 5.29. The molecule has 0 radical (unpaired) electrons. The molecule has 3 heteroatoms. The third-order valence-corrected chi connectivity index (χ3v) is 3.70. The predicted molar refractivity (Wildman–Crippen MR) is 65.7 cm³/mol. The van der Waals surface area contributed by atoms with Gasteiger partial charge in [0.25, 0.3) is 0 Å². The Morgan fingerprint density at radius 3 is 2.71 bits per heavy atom. The lowest BCUT2D eigenvalue weighted by Crippen LogP contribution is -2.52. The first-order valence-corrected chi connectivity index (χ1v) is 6.10.